The van der Waals surface area contributed by atoms with Gasteiger partial charge < -0.3 is 14.1 Å². The second kappa shape index (κ2) is 9.59. The third-order valence-corrected chi connectivity index (χ3v) is 6.88. The maximum Gasteiger partial charge on any atom is 2.00 e. The fraction of sp³-hybridized carbons (Fsp3) is 0.121. The van der Waals surface area contributed by atoms with Gasteiger partial charge in [-0.05, 0) is 47.0 Å². The molecule has 0 atom stereocenters. The summed E-state index contributed by atoms with van der Waals surface area (Å²) in [5.74, 6) is 1.19. The maximum absolute atomic E-state index is 6.28. The van der Waals surface area contributed by atoms with Crippen LogP contribution in [-0.2, 0) is 26.5 Å². The fourth-order valence-corrected chi connectivity index (χ4v) is 4.95. The van der Waals surface area contributed by atoms with Gasteiger partial charge in [0.1, 0.15) is 0 Å². The Morgan fingerprint density at radius 1 is 0.769 bits per heavy atom. The molecule has 4 heterocycles. The standard InChI is InChI=1S/C33H24N4O.Pt/c1-33(2,3)22-15-17-34-28(19-22)21-8-6-9-23(18-21)38-24-13-14-25-26(20-24)32-36-27-10-4-5-11-29(27)37(32)30-12-7-16-35-31(25)30;/h4-17,19H,1-3H3;/q-2;+2. The molecule has 0 saturated carbocycles. The van der Waals surface area contributed by atoms with Crippen LogP contribution < -0.4 is 4.74 Å². The summed E-state index contributed by atoms with van der Waals surface area (Å²) in [6.45, 7) is 6.59. The summed E-state index contributed by atoms with van der Waals surface area (Å²) in [5.41, 5.74) is 7.71. The van der Waals surface area contributed by atoms with Gasteiger partial charge in [-0.3, -0.25) is 9.97 Å². The molecule has 0 bridgehead atoms. The number of rotatable bonds is 3. The molecule has 3 aromatic carbocycles. The van der Waals surface area contributed by atoms with Crippen LogP contribution >= 0.6 is 0 Å². The van der Waals surface area contributed by atoms with Gasteiger partial charge in [-0.15, -0.1) is 29.8 Å². The predicted molar refractivity (Wildman–Crippen MR) is 152 cm³/mol. The minimum atomic E-state index is 0. The SMILES string of the molecule is CC(C)(C)c1ccnc(-c2[c-]c(Oc3[c-]c4c(cc3)c3ncccc3n3c5ccccc5nc43)ccc2)c1.[Pt+2]. The largest absolute Gasteiger partial charge is 2.00 e. The molecule has 4 aromatic heterocycles. The Hall–Kier alpha value is -4.08. The molecule has 0 aliphatic heterocycles. The Labute approximate surface area is 240 Å². The zero-order valence-electron chi connectivity index (χ0n) is 21.7. The average Bonchev–Trinajstić information content (AvgIpc) is 3.33. The van der Waals surface area contributed by atoms with E-state index in [1.165, 1.54) is 5.56 Å². The van der Waals surface area contributed by atoms with Crippen molar-refractivity contribution in [3.8, 4) is 22.8 Å². The number of imidazole rings is 1. The van der Waals surface area contributed by atoms with Crippen LogP contribution in [0.3, 0.4) is 0 Å². The van der Waals surface area contributed by atoms with Crippen molar-refractivity contribution in [3.63, 3.8) is 0 Å². The van der Waals surface area contributed by atoms with Crippen LogP contribution in [0, 0.1) is 12.1 Å². The summed E-state index contributed by atoms with van der Waals surface area (Å²) in [4.78, 5) is 14.2. The molecule has 6 heteroatoms. The van der Waals surface area contributed by atoms with Gasteiger partial charge in [0.25, 0.3) is 0 Å². The first-order valence-electron chi connectivity index (χ1n) is 12.6. The van der Waals surface area contributed by atoms with Crippen LogP contribution in [0.4, 0.5) is 0 Å². The minimum absolute atomic E-state index is 0. The molecule has 0 saturated heterocycles. The summed E-state index contributed by atoms with van der Waals surface area (Å²) in [6, 6.07) is 33.1. The molecule has 7 rings (SSSR count). The summed E-state index contributed by atoms with van der Waals surface area (Å²) in [6.07, 6.45) is 3.67. The van der Waals surface area contributed by atoms with Crippen molar-refractivity contribution in [3.05, 3.63) is 109 Å². The number of benzene rings is 3. The van der Waals surface area contributed by atoms with Gasteiger partial charge in [0.15, 0.2) is 0 Å². The predicted octanol–water partition coefficient (Wildman–Crippen LogP) is 7.94. The first-order valence-corrected chi connectivity index (χ1v) is 12.6. The van der Waals surface area contributed by atoms with Gasteiger partial charge in [-0.25, -0.2) is 0 Å². The van der Waals surface area contributed by atoms with E-state index in [2.05, 4.69) is 66.6 Å². The first-order chi connectivity index (χ1) is 18.5. The Balaban J connectivity index is 0.00000277. The number of pyridine rings is 3. The molecular formula is C33H24N4OPt. The summed E-state index contributed by atoms with van der Waals surface area (Å²) in [5, 5.41) is 1.84. The average molecular weight is 688 g/mol. The van der Waals surface area contributed by atoms with Crippen LogP contribution in [0.1, 0.15) is 26.3 Å². The topological polar surface area (TPSA) is 52.3 Å². The van der Waals surface area contributed by atoms with E-state index < -0.39 is 0 Å². The molecule has 0 aliphatic carbocycles. The third kappa shape index (κ3) is 4.37. The van der Waals surface area contributed by atoms with Gasteiger partial charge in [-0.2, -0.15) is 0 Å². The summed E-state index contributed by atoms with van der Waals surface area (Å²) >= 11 is 0. The smallest absolute Gasteiger partial charge is 0.497 e. The van der Waals surface area contributed by atoms with E-state index in [1.54, 1.807) is 0 Å². The molecule has 0 unspecified atom stereocenters. The number of nitrogens with zero attached hydrogens (tertiary/aromatic N) is 4. The fourth-order valence-electron chi connectivity index (χ4n) is 4.95. The number of ether oxygens (including phenoxy) is 1. The summed E-state index contributed by atoms with van der Waals surface area (Å²) in [7, 11) is 0. The van der Waals surface area contributed by atoms with Crippen LogP contribution in [0.15, 0.2) is 91.3 Å². The van der Waals surface area contributed by atoms with Crippen molar-refractivity contribution in [2.45, 2.75) is 26.2 Å². The second-order valence-corrected chi connectivity index (χ2v) is 10.5. The first kappa shape index (κ1) is 25.2. The third-order valence-electron chi connectivity index (χ3n) is 6.88. The van der Waals surface area contributed by atoms with Crippen molar-refractivity contribution in [1.29, 1.82) is 0 Å². The molecule has 7 aromatic rings. The van der Waals surface area contributed by atoms with Crippen LogP contribution in [0.2, 0.25) is 0 Å². The van der Waals surface area contributed by atoms with Crippen molar-refractivity contribution in [1.82, 2.24) is 19.4 Å². The number of hydrogen-bond acceptors (Lipinski definition) is 4. The zero-order chi connectivity index (χ0) is 25.9. The molecule has 0 N–H and O–H groups in total. The minimum Gasteiger partial charge on any atom is -0.497 e. The molecule has 0 spiro atoms. The Kier molecular flexibility index (Phi) is 6.20. The molecule has 0 radical (unpaired) electrons. The second-order valence-electron chi connectivity index (χ2n) is 10.5. The van der Waals surface area contributed by atoms with E-state index in [0.717, 1.165) is 49.7 Å². The Morgan fingerprint density at radius 3 is 2.46 bits per heavy atom. The number of para-hydroxylation sites is 2. The van der Waals surface area contributed by atoms with E-state index in [0.29, 0.717) is 11.5 Å². The van der Waals surface area contributed by atoms with E-state index in [9.17, 15) is 0 Å². The Morgan fingerprint density at radius 2 is 1.59 bits per heavy atom. The monoisotopic (exact) mass is 687 g/mol. The van der Waals surface area contributed by atoms with Crippen molar-refractivity contribution in [2.24, 2.45) is 0 Å². The van der Waals surface area contributed by atoms with E-state index in [-0.39, 0.29) is 26.5 Å². The van der Waals surface area contributed by atoms with E-state index >= 15 is 0 Å². The molecule has 39 heavy (non-hydrogen) atoms. The van der Waals surface area contributed by atoms with Gasteiger partial charge in [0, 0.05) is 23.9 Å². The normalized spacial score (nSPS) is 11.8. The zero-order valence-corrected chi connectivity index (χ0v) is 23.9. The van der Waals surface area contributed by atoms with E-state index in [1.807, 2.05) is 67.0 Å². The van der Waals surface area contributed by atoms with Gasteiger partial charge in [0.05, 0.1) is 27.7 Å². The molecule has 5 nitrogen and oxygen atoms in total. The van der Waals surface area contributed by atoms with E-state index in [4.69, 9.17) is 14.7 Å². The molecular weight excluding hydrogens is 663 g/mol. The van der Waals surface area contributed by atoms with Crippen LogP contribution in [-0.4, -0.2) is 19.4 Å². The number of fused-ring (bicyclic) bond motifs is 8. The maximum atomic E-state index is 6.28. The van der Waals surface area contributed by atoms with Crippen molar-refractivity contribution < 1.29 is 25.8 Å². The van der Waals surface area contributed by atoms with Gasteiger partial charge in [-0.1, -0.05) is 67.9 Å². The van der Waals surface area contributed by atoms with Crippen LogP contribution in [0.5, 0.6) is 11.5 Å². The van der Waals surface area contributed by atoms with Gasteiger partial charge in [0.2, 0.25) is 0 Å². The number of aromatic nitrogens is 4. The number of hydrogen-bond donors (Lipinski definition) is 0. The summed E-state index contributed by atoms with van der Waals surface area (Å²) < 4.78 is 8.44. The molecule has 0 aliphatic rings. The molecule has 192 valence electrons. The van der Waals surface area contributed by atoms with Crippen molar-refractivity contribution >= 4 is 38.5 Å². The molecule has 0 amide bonds. The van der Waals surface area contributed by atoms with Crippen LogP contribution in [0.25, 0.3) is 49.7 Å². The van der Waals surface area contributed by atoms with Crippen molar-refractivity contribution in [2.75, 3.05) is 0 Å². The van der Waals surface area contributed by atoms with Gasteiger partial charge >= 0.3 is 21.1 Å². The molecule has 0 fully saturated rings. The Bertz CT molecular complexity index is 2010. The quantitative estimate of drug-likeness (QED) is 0.140.